The monoisotopic (exact) mass is 724 g/mol. The van der Waals surface area contributed by atoms with Gasteiger partial charge in [0.1, 0.15) is 17.4 Å². The van der Waals surface area contributed by atoms with Gasteiger partial charge in [-0.2, -0.15) is 0 Å². The Morgan fingerprint density at radius 1 is 0.717 bits per heavy atom. The van der Waals surface area contributed by atoms with Gasteiger partial charge in [0.2, 0.25) is 11.8 Å². The van der Waals surface area contributed by atoms with Crippen LogP contribution in [0.15, 0.2) is 97.1 Å². The third kappa shape index (κ3) is 13.5. The Labute approximate surface area is 314 Å². The molecule has 0 heterocycles. The molecule has 0 saturated heterocycles. The van der Waals surface area contributed by atoms with Gasteiger partial charge in [-0.15, -0.1) is 0 Å². The summed E-state index contributed by atoms with van der Waals surface area (Å²) in [5, 5.41) is 14.0. The fourth-order valence-electron chi connectivity index (χ4n) is 6.15. The average molecular weight is 725 g/mol. The van der Waals surface area contributed by atoms with Crippen LogP contribution in [0.3, 0.4) is 0 Å². The zero-order valence-electron chi connectivity index (χ0n) is 32.2. The van der Waals surface area contributed by atoms with Crippen molar-refractivity contribution in [1.29, 1.82) is 0 Å². The molecule has 0 aliphatic rings. The van der Waals surface area contributed by atoms with Crippen molar-refractivity contribution >= 4 is 28.6 Å². The molecule has 1 unspecified atom stereocenters. The first-order valence-corrected chi connectivity index (χ1v) is 18.4. The molecule has 0 bridgehead atoms. The van der Waals surface area contributed by atoms with Gasteiger partial charge < -0.3 is 35.5 Å². The highest BCUT2D eigenvalue weighted by atomic mass is 16.7. The van der Waals surface area contributed by atoms with E-state index in [0.717, 1.165) is 27.5 Å². The molecule has 0 aliphatic carbocycles. The molecule has 53 heavy (non-hydrogen) atoms. The first kappa shape index (κ1) is 40.8. The van der Waals surface area contributed by atoms with Crippen LogP contribution in [0.1, 0.15) is 84.0 Å². The molecule has 0 aromatic heterocycles. The van der Waals surface area contributed by atoms with Crippen LogP contribution >= 0.6 is 0 Å². The lowest BCUT2D eigenvalue weighted by atomic mass is 9.95. The molecule has 0 fully saturated rings. The van der Waals surface area contributed by atoms with Gasteiger partial charge in [0, 0.05) is 44.6 Å². The number of amides is 4. The number of fused-ring (bicyclic) bond motifs is 1. The van der Waals surface area contributed by atoms with Gasteiger partial charge in [-0.1, -0.05) is 84.9 Å². The van der Waals surface area contributed by atoms with Crippen LogP contribution in [0.25, 0.3) is 10.8 Å². The number of benzene rings is 4. The predicted octanol–water partition coefficient (Wildman–Crippen LogP) is 7.36. The van der Waals surface area contributed by atoms with Crippen molar-refractivity contribution in [3.63, 3.8) is 0 Å². The number of carbonyl (C=O) groups excluding carboxylic acids is 3. The quantitative estimate of drug-likeness (QED) is 0.0795. The zero-order valence-corrected chi connectivity index (χ0v) is 32.2. The second kappa shape index (κ2) is 19.2. The van der Waals surface area contributed by atoms with E-state index in [9.17, 15) is 14.4 Å². The number of hydrogen-bond acceptors (Lipinski definition) is 6. The van der Waals surface area contributed by atoms with Crippen molar-refractivity contribution in [2.75, 3.05) is 13.2 Å². The Hall–Kier alpha value is -4.93. The number of ether oxygens (including phenoxy) is 3. The molecule has 2 atom stereocenters. The van der Waals surface area contributed by atoms with E-state index in [2.05, 4.69) is 21.3 Å². The van der Waals surface area contributed by atoms with E-state index in [1.54, 1.807) is 13.8 Å². The fourth-order valence-corrected chi connectivity index (χ4v) is 6.15. The minimum Gasteiger partial charge on any atom is -0.488 e. The minimum absolute atomic E-state index is 0.0581. The van der Waals surface area contributed by atoms with Crippen molar-refractivity contribution in [3.8, 4) is 5.75 Å². The van der Waals surface area contributed by atoms with Crippen LogP contribution in [0.4, 0.5) is 4.79 Å². The number of nitrogens with one attached hydrogen (secondary N) is 4. The molecule has 10 nitrogen and oxygen atoms in total. The van der Waals surface area contributed by atoms with Gasteiger partial charge in [0.05, 0.1) is 6.04 Å². The standard InChI is InChI=1S/C43H56N4O6/c1-8-51-39(52-9-2)27-36(35-21-15-19-32-18-13-14-20-34(32)35)46-40(49)37(26-30-22-24-33(25-23-30)53-42(3,4)5)45-38(48)28-43(6,7)47-41(50)44-29-31-16-11-10-12-17-31/h10-25,36-37,39H,8-9,26-29H2,1-7H3,(H,45,48)(H,46,49)(H2,44,47,50)/t36?,37-/m0/s1. The smallest absolute Gasteiger partial charge is 0.315 e. The molecule has 0 radical (unpaired) electrons. The van der Waals surface area contributed by atoms with Crippen LogP contribution in [-0.2, 0) is 32.0 Å². The Morgan fingerprint density at radius 3 is 2.02 bits per heavy atom. The molecule has 4 amide bonds. The fraction of sp³-hybridized carbons (Fsp3) is 0.419. The van der Waals surface area contributed by atoms with Gasteiger partial charge in [-0.25, -0.2) is 4.79 Å². The largest absolute Gasteiger partial charge is 0.488 e. The Bertz CT molecular complexity index is 1760. The lowest BCUT2D eigenvalue weighted by Gasteiger charge is -2.29. The molecule has 0 saturated carbocycles. The normalized spacial score (nSPS) is 12.9. The van der Waals surface area contributed by atoms with E-state index in [1.807, 2.05) is 132 Å². The van der Waals surface area contributed by atoms with Crippen LogP contribution in [0, 0.1) is 0 Å². The molecule has 10 heteroatoms. The van der Waals surface area contributed by atoms with E-state index in [-0.39, 0.29) is 30.3 Å². The number of rotatable bonds is 18. The number of carbonyl (C=O) groups is 3. The highest BCUT2D eigenvalue weighted by Gasteiger charge is 2.30. The van der Waals surface area contributed by atoms with Crippen molar-refractivity contribution in [1.82, 2.24) is 21.3 Å². The highest BCUT2D eigenvalue weighted by Crippen LogP contribution is 2.29. The van der Waals surface area contributed by atoms with E-state index in [4.69, 9.17) is 14.2 Å². The molecular weight excluding hydrogens is 668 g/mol. The molecule has 284 valence electrons. The highest BCUT2D eigenvalue weighted by molar-refractivity contribution is 5.90. The minimum atomic E-state index is -0.935. The second-order valence-electron chi connectivity index (χ2n) is 14.7. The van der Waals surface area contributed by atoms with E-state index < -0.39 is 29.9 Å². The third-order valence-corrected chi connectivity index (χ3v) is 8.44. The maximum absolute atomic E-state index is 14.4. The maximum atomic E-state index is 14.4. The van der Waals surface area contributed by atoms with Crippen molar-refractivity contribution in [2.45, 2.75) is 104 Å². The summed E-state index contributed by atoms with van der Waals surface area (Å²) in [6, 6.07) is 29.3. The SMILES string of the molecule is CCOC(CC(NC(=O)[C@H](Cc1ccc(OC(C)(C)C)cc1)NC(=O)CC(C)(C)NC(=O)NCc1ccccc1)c1cccc2ccccc12)OCC. The summed E-state index contributed by atoms with van der Waals surface area (Å²) in [7, 11) is 0. The summed E-state index contributed by atoms with van der Waals surface area (Å²) in [5.74, 6) is -0.0302. The van der Waals surface area contributed by atoms with Gasteiger partial charge in [-0.05, 0) is 88.1 Å². The summed E-state index contributed by atoms with van der Waals surface area (Å²) in [4.78, 5) is 40.9. The average Bonchev–Trinajstić information content (AvgIpc) is 3.10. The van der Waals surface area contributed by atoms with Crippen LogP contribution in [-0.4, -0.2) is 54.5 Å². The molecule has 4 rings (SSSR count). The summed E-state index contributed by atoms with van der Waals surface area (Å²) < 4.78 is 17.9. The third-order valence-electron chi connectivity index (χ3n) is 8.44. The topological polar surface area (TPSA) is 127 Å². The first-order chi connectivity index (χ1) is 25.2. The lowest BCUT2D eigenvalue weighted by molar-refractivity contribution is -0.145. The lowest BCUT2D eigenvalue weighted by Crippen LogP contribution is -2.53. The summed E-state index contributed by atoms with van der Waals surface area (Å²) in [6.45, 7) is 14.5. The molecule has 0 spiro atoms. The number of urea groups is 1. The molecular formula is C43H56N4O6. The van der Waals surface area contributed by atoms with Crippen LogP contribution in [0.5, 0.6) is 5.75 Å². The molecule has 4 N–H and O–H groups in total. The summed E-state index contributed by atoms with van der Waals surface area (Å²) in [6.07, 6.45) is -0.0352. The molecule has 4 aromatic carbocycles. The van der Waals surface area contributed by atoms with E-state index in [1.165, 1.54) is 0 Å². The van der Waals surface area contributed by atoms with Crippen LogP contribution < -0.4 is 26.0 Å². The number of hydrogen-bond donors (Lipinski definition) is 4. The summed E-state index contributed by atoms with van der Waals surface area (Å²) >= 11 is 0. The zero-order chi connectivity index (χ0) is 38.4. The maximum Gasteiger partial charge on any atom is 0.315 e. The van der Waals surface area contributed by atoms with Gasteiger partial charge in [0.25, 0.3) is 0 Å². The van der Waals surface area contributed by atoms with Gasteiger partial charge in [-0.3, -0.25) is 9.59 Å². The second-order valence-corrected chi connectivity index (χ2v) is 14.7. The van der Waals surface area contributed by atoms with Crippen molar-refractivity contribution in [2.24, 2.45) is 0 Å². The van der Waals surface area contributed by atoms with Crippen molar-refractivity contribution < 1.29 is 28.6 Å². The summed E-state index contributed by atoms with van der Waals surface area (Å²) in [5.41, 5.74) is 1.44. The predicted molar refractivity (Wildman–Crippen MR) is 209 cm³/mol. The molecule has 4 aromatic rings. The first-order valence-electron chi connectivity index (χ1n) is 18.4. The van der Waals surface area contributed by atoms with E-state index in [0.29, 0.717) is 31.9 Å². The van der Waals surface area contributed by atoms with E-state index >= 15 is 0 Å². The Kier molecular flexibility index (Phi) is 14.8. The Morgan fingerprint density at radius 2 is 1.36 bits per heavy atom. The van der Waals surface area contributed by atoms with Crippen LogP contribution in [0.2, 0.25) is 0 Å². The van der Waals surface area contributed by atoms with Crippen molar-refractivity contribution in [3.05, 3.63) is 114 Å². The van der Waals surface area contributed by atoms with Gasteiger partial charge >= 0.3 is 6.03 Å². The van der Waals surface area contributed by atoms with Gasteiger partial charge in [0.15, 0.2) is 6.29 Å². The molecule has 0 aliphatic heterocycles. The Balaban J connectivity index is 1.57.